The molecular formula is C19H30N4OSn. The molecule has 1 aliphatic rings. The van der Waals surface area contributed by atoms with Crippen LogP contribution < -0.4 is 9.03 Å². The van der Waals surface area contributed by atoms with Gasteiger partial charge >= 0.3 is 155 Å². The Hall–Kier alpha value is -1.08. The van der Waals surface area contributed by atoms with Crippen molar-refractivity contribution < 1.29 is 4.74 Å². The number of anilines is 1. The average molecular weight is 449 g/mol. The predicted molar refractivity (Wildman–Crippen MR) is 106 cm³/mol. The van der Waals surface area contributed by atoms with E-state index in [1.165, 1.54) is 3.71 Å². The third-order valence-corrected chi connectivity index (χ3v) is 9.75. The quantitative estimate of drug-likeness (QED) is 0.502. The molecule has 0 aliphatic carbocycles. The fourth-order valence-corrected chi connectivity index (χ4v) is 5.73. The van der Waals surface area contributed by atoms with Gasteiger partial charge in [0.1, 0.15) is 0 Å². The molecule has 0 amide bonds. The van der Waals surface area contributed by atoms with E-state index in [-0.39, 0.29) is 5.60 Å². The third kappa shape index (κ3) is 4.76. The van der Waals surface area contributed by atoms with Crippen molar-refractivity contribution in [3.63, 3.8) is 0 Å². The summed E-state index contributed by atoms with van der Waals surface area (Å²) in [5, 5.41) is 11.3. The summed E-state index contributed by atoms with van der Waals surface area (Å²) < 4.78 is 6.76. The molecule has 136 valence electrons. The Kier molecular flexibility index (Phi) is 5.17. The van der Waals surface area contributed by atoms with Gasteiger partial charge in [-0.3, -0.25) is 0 Å². The minimum atomic E-state index is -2.21. The maximum atomic E-state index is 5.47. The van der Waals surface area contributed by atoms with Crippen LogP contribution in [0.1, 0.15) is 32.9 Å². The number of H-pyrrole nitrogens is 1. The van der Waals surface area contributed by atoms with Gasteiger partial charge in [-0.2, -0.15) is 0 Å². The van der Waals surface area contributed by atoms with Gasteiger partial charge in [-0.05, 0) is 0 Å². The van der Waals surface area contributed by atoms with E-state index in [0.29, 0.717) is 6.04 Å². The molecule has 0 saturated carbocycles. The van der Waals surface area contributed by atoms with Crippen molar-refractivity contribution in [1.82, 2.24) is 15.2 Å². The van der Waals surface area contributed by atoms with Gasteiger partial charge in [-0.25, -0.2) is 0 Å². The molecule has 2 aromatic rings. The molecule has 1 aliphatic heterocycles. The van der Waals surface area contributed by atoms with Gasteiger partial charge in [0.2, 0.25) is 0 Å². The van der Waals surface area contributed by atoms with Gasteiger partial charge in [-0.1, -0.05) is 0 Å². The molecule has 1 fully saturated rings. The Morgan fingerprint density at radius 2 is 2.04 bits per heavy atom. The van der Waals surface area contributed by atoms with Crippen molar-refractivity contribution in [1.29, 1.82) is 0 Å². The molecular weight excluding hydrogens is 419 g/mol. The summed E-state index contributed by atoms with van der Waals surface area (Å²) in [6.45, 7) is 7.36. The Bertz CT molecular complexity index is 744. The Labute approximate surface area is 154 Å². The number of nitrogens with one attached hydrogen (secondary N) is 2. The first kappa shape index (κ1) is 18.7. The molecule has 2 aromatic heterocycles. The summed E-state index contributed by atoms with van der Waals surface area (Å²) in [6, 6.07) is 4.77. The maximum absolute atomic E-state index is 5.47. The number of hydrogen-bond acceptors (Lipinski definition) is 4. The van der Waals surface area contributed by atoms with Gasteiger partial charge in [-0.15, -0.1) is 0 Å². The fraction of sp³-hybridized carbons (Fsp3) is 0.579. The summed E-state index contributed by atoms with van der Waals surface area (Å²) in [5.74, 6) is 0. The van der Waals surface area contributed by atoms with Crippen LogP contribution >= 0.6 is 0 Å². The molecule has 1 unspecified atom stereocenters. The third-order valence-electron chi connectivity index (χ3n) is 4.58. The molecule has 3 heterocycles. The molecule has 1 atom stereocenters. The van der Waals surface area contributed by atoms with E-state index in [1.54, 1.807) is 0 Å². The summed E-state index contributed by atoms with van der Waals surface area (Å²) in [7, 11) is 0. The van der Waals surface area contributed by atoms with E-state index >= 15 is 0 Å². The molecule has 1 saturated heterocycles. The number of aromatic amines is 1. The van der Waals surface area contributed by atoms with Gasteiger partial charge < -0.3 is 0 Å². The van der Waals surface area contributed by atoms with Crippen molar-refractivity contribution in [2.24, 2.45) is 0 Å². The molecule has 5 nitrogen and oxygen atoms in total. The SMILES string of the molecule is CC(C)Nc1c[c]([Sn]([CH3])([CH3])[CH3])ncc1-c1cc(CCC2(C)CO2)[nH]n1. The average Bonchev–Trinajstić information content (AvgIpc) is 3.07. The summed E-state index contributed by atoms with van der Waals surface area (Å²) in [4.78, 5) is 12.0. The first-order valence-electron chi connectivity index (χ1n) is 9.12. The van der Waals surface area contributed by atoms with Crippen LogP contribution in [0.25, 0.3) is 11.3 Å². The van der Waals surface area contributed by atoms with E-state index in [2.05, 4.69) is 63.2 Å². The molecule has 2 N–H and O–H groups in total. The Morgan fingerprint density at radius 3 is 2.64 bits per heavy atom. The number of nitrogens with zero attached hydrogens (tertiary/aromatic N) is 2. The van der Waals surface area contributed by atoms with Crippen LogP contribution in [0.4, 0.5) is 5.69 Å². The second-order valence-electron chi connectivity index (χ2n) is 8.68. The molecule has 3 rings (SSSR count). The zero-order chi connectivity index (χ0) is 18.2. The van der Waals surface area contributed by atoms with Crippen LogP contribution in [0.2, 0.25) is 14.8 Å². The summed E-state index contributed by atoms with van der Waals surface area (Å²) in [6.07, 6.45) is 3.98. The molecule has 0 aromatic carbocycles. The number of hydrogen-bond donors (Lipinski definition) is 2. The van der Waals surface area contributed by atoms with Gasteiger partial charge in [0, 0.05) is 0 Å². The number of ether oxygens (including phenoxy) is 1. The first-order valence-corrected chi connectivity index (χ1v) is 19.1. The zero-order valence-corrected chi connectivity index (χ0v) is 19.1. The van der Waals surface area contributed by atoms with E-state index < -0.39 is 18.4 Å². The number of aromatic nitrogens is 3. The van der Waals surface area contributed by atoms with E-state index in [0.717, 1.165) is 42.1 Å². The van der Waals surface area contributed by atoms with Crippen LogP contribution in [0.15, 0.2) is 18.3 Å². The van der Waals surface area contributed by atoms with Gasteiger partial charge in [0.15, 0.2) is 0 Å². The van der Waals surface area contributed by atoms with Gasteiger partial charge in [0.05, 0.1) is 0 Å². The predicted octanol–water partition coefficient (Wildman–Crippen LogP) is 3.56. The van der Waals surface area contributed by atoms with Crippen LogP contribution in [-0.4, -0.2) is 51.8 Å². The van der Waals surface area contributed by atoms with E-state index in [1.807, 2.05) is 6.20 Å². The Balaban J connectivity index is 1.86. The first-order chi connectivity index (χ1) is 11.7. The van der Waals surface area contributed by atoms with E-state index in [9.17, 15) is 0 Å². The second-order valence-corrected chi connectivity index (χ2v) is 23.0. The van der Waals surface area contributed by atoms with Gasteiger partial charge in [0.25, 0.3) is 0 Å². The molecule has 6 heteroatoms. The Morgan fingerprint density at radius 1 is 1.32 bits per heavy atom. The molecule has 0 bridgehead atoms. The number of aryl methyl sites for hydroxylation is 1. The van der Waals surface area contributed by atoms with Crippen molar-refractivity contribution in [2.45, 2.75) is 60.1 Å². The number of pyridine rings is 1. The summed E-state index contributed by atoms with van der Waals surface area (Å²) >= 11 is -2.21. The van der Waals surface area contributed by atoms with Crippen LogP contribution in [-0.2, 0) is 11.2 Å². The minimum absolute atomic E-state index is 0.0819. The standard InChI is InChI=1S/C16H21N4O.3CH3.Sn/c1-11(2)18-14-5-7-17-9-13(14)15-8-12(19-20-15)4-6-16(3)10-21-16;;;;/h5,8-9,11H,4,6,10H2,1-3H3,(H,17,18)(H,19,20);3*1H3;. The normalized spacial score (nSPS) is 20.1. The van der Waals surface area contributed by atoms with Crippen molar-refractivity contribution in [2.75, 3.05) is 11.9 Å². The summed E-state index contributed by atoms with van der Waals surface area (Å²) in [5.41, 5.74) is 4.41. The van der Waals surface area contributed by atoms with Crippen molar-refractivity contribution in [3.8, 4) is 11.3 Å². The van der Waals surface area contributed by atoms with Crippen LogP contribution in [0.3, 0.4) is 0 Å². The number of epoxide rings is 1. The topological polar surface area (TPSA) is 66.1 Å². The molecule has 25 heavy (non-hydrogen) atoms. The molecule has 0 spiro atoms. The number of rotatable bonds is 7. The fourth-order valence-electron chi connectivity index (χ4n) is 2.79. The van der Waals surface area contributed by atoms with Crippen LogP contribution in [0, 0.1) is 0 Å². The van der Waals surface area contributed by atoms with Crippen molar-refractivity contribution in [3.05, 3.63) is 24.0 Å². The van der Waals surface area contributed by atoms with Crippen LogP contribution in [0.5, 0.6) is 0 Å². The second kappa shape index (κ2) is 6.91. The van der Waals surface area contributed by atoms with E-state index in [4.69, 9.17) is 9.72 Å². The van der Waals surface area contributed by atoms with Crippen molar-refractivity contribution >= 4 is 27.8 Å². The monoisotopic (exact) mass is 450 g/mol. The zero-order valence-electron chi connectivity index (χ0n) is 16.2. The molecule has 0 radical (unpaired) electrons.